The van der Waals surface area contributed by atoms with Crippen molar-refractivity contribution >= 4 is 41.3 Å². The highest BCUT2D eigenvalue weighted by Crippen LogP contribution is 2.09. The number of hydrogen-bond acceptors (Lipinski definition) is 4. The summed E-state index contributed by atoms with van der Waals surface area (Å²) in [6.07, 6.45) is 2.86. The van der Waals surface area contributed by atoms with Gasteiger partial charge in [0, 0.05) is 37.9 Å². The Morgan fingerprint density at radius 2 is 2.13 bits per heavy atom. The fourth-order valence-corrected chi connectivity index (χ4v) is 2.75. The summed E-state index contributed by atoms with van der Waals surface area (Å²) in [5.74, 6) is 0.880. The normalized spacial score (nSPS) is 11.0. The summed E-state index contributed by atoms with van der Waals surface area (Å²) in [7, 11) is 3.83. The van der Waals surface area contributed by atoms with Crippen LogP contribution in [0.15, 0.2) is 28.7 Å². The van der Waals surface area contributed by atoms with E-state index in [1.54, 1.807) is 18.4 Å². The van der Waals surface area contributed by atoms with Crippen LogP contribution in [0.4, 0.5) is 0 Å². The van der Waals surface area contributed by atoms with Crippen molar-refractivity contribution in [2.24, 2.45) is 4.99 Å². The van der Waals surface area contributed by atoms with Crippen molar-refractivity contribution in [1.82, 2.24) is 20.2 Å². The molecular weight excluding hydrogens is 421 g/mol. The average molecular weight is 445 g/mol. The molecule has 0 aliphatic heterocycles. The molecule has 0 saturated carbocycles. The molecule has 0 atom stereocenters. The first kappa shape index (κ1) is 19.8. The van der Waals surface area contributed by atoms with Crippen molar-refractivity contribution < 1.29 is 0 Å². The van der Waals surface area contributed by atoms with Crippen molar-refractivity contribution in [3.8, 4) is 0 Å². The van der Waals surface area contributed by atoms with Gasteiger partial charge in [0.05, 0.1) is 17.2 Å². The molecular formula is C16H24IN5S. The summed E-state index contributed by atoms with van der Waals surface area (Å²) in [6.45, 7) is 5.61. The third-order valence-electron chi connectivity index (χ3n) is 3.31. The number of nitrogens with zero attached hydrogens (tertiary/aromatic N) is 4. The smallest absolute Gasteiger partial charge is 0.193 e. The van der Waals surface area contributed by atoms with Crippen LogP contribution in [-0.2, 0) is 13.0 Å². The van der Waals surface area contributed by atoms with E-state index in [1.165, 1.54) is 5.56 Å². The molecule has 0 radical (unpaired) electrons. The molecule has 1 N–H and O–H groups in total. The van der Waals surface area contributed by atoms with Crippen LogP contribution in [0.25, 0.3) is 0 Å². The molecule has 0 aromatic carbocycles. The molecule has 2 heterocycles. The summed E-state index contributed by atoms with van der Waals surface area (Å²) in [4.78, 5) is 15.2. The van der Waals surface area contributed by atoms with E-state index in [4.69, 9.17) is 0 Å². The van der Waals surface area contributed by atoms with Gasteiger partial charge in [0.1, 0.15) is 0 Å². The fourth-order valence-electron chi connectivity index (χ4n) is 2.15. The molecule has 126 valence electrons. The molecule has 5 nitrogen and oxygen atoms in total. The second-order valence-corrected chi connectivity index (χ2v) is 6.31. The molecule has 0 aliphatic rings. The maximum atomic E-state index is 4.49. The lowest BCUT2D eigenvalue weighted by Crippen LogP contribution is -2.39. The third kappa shape index (κ3) is 6.42. The largest absolute Gasteiger partial charge is 0.356 e. The summed E-state index contributed by atoms with van der Waals surface area (Å²) >= 11 is 1.68. The highest BCUT2D eigenvalue weighted by molar-refractivity contribution is 14.0. The maximum Gasteiger partial charge on any atom is 0.193 e. The molecule has 0 amide bonds. The maximum absolute atomic E-state index is 4.49. The molecule has 0 bridgehead atoms. The molecule has 2 aromatic heterocycles. The molecule has 0 unspecified atom stereocenters. The number of pyridine rings is 1. The summed E-state index contributed by atoms with van der Waals surface area (Å²) in [6, 6.07) is 4.16. The van der Waals surface area contributed by atoms with Gasteiger partial charge in [-0.2, -0.15) is 0 Å². The van der Waals surface area contributed by atoms with Gasteiger partial charge in [-0.05, 0) is 31.9 Å². The van der Waals surface area contributed by atoms with Gasteiger partial charge in [-0.15, -0.1) is 35.3 Å². The zero-order valence-electron chi connectivity index (χ0n) is 14.0. The van der Waals surface area contributed by atoms with Gasteiger partial charge in [0.15, 0.2) is 5.96 Å². The zero-order valence-corrected chi connectivity index (χ0v) is 17.2. The van der Waals surface area contributed by atoms with E-state index in [0.717, 1.165) is 41.9 Å². The molecule has 0 fully saturated rings. The number of aromatic nitrogens is 2. The van der Waals surface area contributed by atoms with Gasteiger partial charge in [0.2, 0.25) is 0 Å². The number of halogens is 1. The number of aryl methyl sites for hydroxylation is 2. The number of guanidine groups is 1. The highest BCUT2D eigenvalue weighted by Gasteiger charge is 2.08. The monoisotopic (exact) mass is 445 g/mol. The van der Waals surface area contributed by atoms with E-state index in [0.29, 0.717) is 0 Å². The van der Waals surface area contributed by atoms with Crippen LogP contribution < -0.4 is 5.32 Å². The molecule has 7 heteroatoms. The highest BCUT2D eigenvalue weighted by atomic mass is 127. The van der Waals surface area contributed by atoms with Crippen molar-refractivity contribution in [3.63, 3.8) is 0 Å². The van der Waals surface area contributed by atoms with E-state index in [-0.39, 0.29) is 24.0 Å². The standard InChI is InChI=1S/C16H23N5S.HI/c1-12-5-6-14(9-19-12)7-8-18-16(17-3)21(4)10-15-11-22-13(2)20-15;/h5-6,9,11H,7-8,10H2,1-4H3,(H,17,18);1H. The predicted octanol–water partition coefficient (Wildman–Crippen LogP) is 3.02. The van der Waals surface area contributed by atoms with Gasteiger partial charge in [0.25, 0.3) is 0 Å². The summed E-state index contributed by atoms with van der Waals surface area (Å²) < 4.78 is 0. The predicted molar refractivity (Wildman–Crippen MR) is 108 cm³/mol. The Balaban J connectivity index is 0.00000264. The van der Waals surface area contributed by atoms with Crippen LogP contribution >= 0.6 is 35.3 Å². The van der Waals surface area contributed by atoms with Crippen molar-refractivity contribution in [1.29, 1.82) is 0 Å². The van der Waals surface area contributed by atoms with E-state index in [2.05, 4.69) is 36.6 Å². The van der Waals surface area contributed by atoms with Gasteiger partial charge < -0.3 is 10.2 Å². The van der Waals surface area contributed by atoms with Crippen molar-refractivity contribution in [3.05, 3.63) is 45.7 Å². The minimum atomic E-state index is 0. The summed E-state index contributed by atoms with van der Waals surface area (Å²) in [5, 5.41) is 6.57. The summed E-state index contributed by atoms with van der Waals surface area (Å²) in [5.41, 5.74) is 3.35. The Kier molecular flexibility index (Phi) is 8.46. The topological polar surface area (TPSA) is 53.4 Å². The van der Waals surface area contributed by atoms with Crippen LogP contribution in [0, 0.1) is 13.8 Å². The van der Waals surface area contributed by atoms with Gasteiger partial charge in [-0.3, -0.25) is 9.98 Å². The van der Waals surface area contributed by atoms with Gasteiger partial charge >= 0.3 is 0 Å². The lowest BCUT2D eigenvalue weighted by molar-refractivity contribution is 0.471. The first-order chi connectivity index (χ1) is 10.6. The fraction of sp³-hybridized carbons (Fsp3) is 0.438. The van der Waals surface area contributed by atoms with Crippen LogP contribution in [0.5, 0.6) is 0 Å². The second kappa shape index (κ2) is 9.82. The molecule has 2 aromatic rings. The van der Waals surface area contributed by atoms with Gasteiger partial charge in [-0.25, -0.2) is 4.98 Å². The van der Waals surface area contributed by atoms with Crippen molar-refractivity contribution in [2.75, 3.05) is 20.6 Å². The number of thiazole rings is 1. The Hall–Kier alpha value is -1.22. The first-order valence-corrected chi connectivity index (χ1v) is 8.21. The Morgan fingerprint density at radius 1 is 1.35 bits per heavy atom. The second-order valence-electron chi connectivity index (χ2n) is 5.25. The molecule has 2 rings (SSSR count). The quantitative estimate of drug-likeness (QED) is 0.437. The zero-order chi connectivity index (χ0) is 15.9. The number of hydrogen-bond donors (Lipinski definition) is 1. The SMILES string of the molecule is CN=C(NCCc1ccc(C)nc1)N(C)Cc1csc(C)n1.I. The molecule has 0 spiro atoms. The third-order valence-corrected chi connectivity index (χ3v) is 4.13. The minimum absolute atomic E-state index is 0. The Bertz CT molecular complexity index is 624. The van der Waals surface area contributed by atoms with E-state index >= 15 is 0 Å². The lowest BCUT2D eigenvalue weighted by atomic mass is 10.2. The Morgan fingerprint density at radius 3 is 2.70 bits per heavy atom. The molecule has 0 saturated heterocycles. The first-order valence-electron chi connectivity index (χ1n) is 7.33. The number of rotatable bonds is 5. The molecule has 23 heavy (non-hydrogen) atoms. The van der Waals surface area contributed by atoms with E-state index < -0.39 is 0 Å². The average Bonchev–Trinajstić information content (AvgIpc) is 2.90. The number of nitrogens with one attached hydrogen (secondary N) is 1. The Labute approximate surface area is 159 Å². The minimum Gasteiger partial charge on any atom is -0.356 e. The van der Waals surface area contributed by atoms with Crippen LogP contribution in [-0.4, -0.2) is 41.5 Å². The van der Waals surface area contributed by atoms with E-state index in [9.17, 15) is 0 Å². The van der Waals surface area contributed by atoms with E-state index in [1.807, 2.05) is 33.2 Å². The van der Waals surface area contributed by atoms with Crippen LogP contribution in [0.3, 0.4) is 0 Å². The number of aliphatic imine (C=N–C) groups is 1. The molecule has 0 aliphatic carbocycles. The van der Waals surface area contributed by atoms with Gasteiger partial charge in [-0.1, -0.05) is 6.07 Å². The lowest BCUT2D eigenvalue weighted by Gasteiger charge is -2.21. The van der Waals surface area contributed by atoms with Crippen LogP contribution in [0.1, 0.15) is 22.0 Å². The van der Waals surface area contributed by atoms with Crippen LogP contribution in [0.2, 0.25) is 0 Å². The van der Waals surface area contributed by atoms with Crippen molar-refractivity contribution in [2.45, 2.75) is 26.8 Å².